The van der Waals surface area contributed by atoms with Gasteiger partial charge in [-0.2, -0.15) is 0 Å². The van der Waals surface area contributed by atoms with Gasteiger partial charge in [-0.05, 0) is 51.5 Å². The lowest BCUT2D eigenvalue weighted by atomic mass is 10.1. The van der Waals surface area contributed by atoms with Gasteiger partial charge in [0.1, 0.15) is 28.6 Å². The minimum atomic E-state index is -0.822. The number of ether oxygens (including phenoxy) is 1. The lowest BCUT2D eigenvalue weighted by molar-refractivity contribution is -0.138. The predicted molar refractivity (Wildman–Crippen MR) is 117 cm³/mol. The van der Waals surface area contributed by atoms with E-state index in [1.54, 1.807) is 13.8 Å². The van der Waals surface area contributed by atoms with Crippen molar-refractivity contribution in [1.82, 2.24) is 0 Å². The third kappa shape index (κ3) is 5.45. The van der Waals surface area contributed by atoms with E-state index in [0.29, 0.717) is 12.4 Å². The molecule has 0 spiro atoms. The molecule has 3 rings (SSSR count). The molecule has 29 heavy (non-hydrogen) atoms. The predicted octanol–water partition coefficient (Wildman–Crippen LogP) is 6.24. The van der Waals surface area contributed by atoms with E-state index in [1.165, 1.54) is 17.3 Å². The highest BCUT2D eigenvalue weighted by Gasteiger charge is 2.27. The summed E-state index contributed by atoms with van der Waals surface area (Å²) in [6, 6.07) is 18.0. The van der Waals surface area contributed by atoms with Crippen molar-refractivity contribution in [2.45, 2.75) is 44.8 Å². The molecule has 0 aliphatic rings. The molecule has 5 heteroatoms. The van der Waals surface area contributed by atoms with E-state index in [-0.39, 0.29) is 0 Å². The molecule has 0 fully saturated rings. The van der Waals surface area contributed by atoms with Gasteiger partial charge in [0.2, 0.25) is 0 Å². The van der Waals surface area contributed by atoms with E-state index < -0.39 is 10.7 Å². The van der Waals surface area contributed by atoms with Crippen molar-refractivity contribution < 1.29 is 19.1 Å². The summed E-state index contributed by atoms with van der Waals surface area (Å²) >= 11 is 1.40. The van der Waals surface area contributed by atoms with Crippen LogP contribution in [0.15, 0.2) is 59.0 Å². The molecular formula is C24H26O4S. The molecular weight excluding hydrogens is 384 g/mol. The summed E-state index contributed by atoms with van der Waals surface area (Å²) in [6.07, 6.45) is 0. The Labute approximate surface area is 175 Å². The highest BCUT2D eigenvalue weighted by Crippen LogP contribution is 2.30. The molecule has 152 valence electrons. The molecule has 0 atom stereocenters. The molecule has 0 aliphatic heterocycles. The van der Waals surface area contributed by atoms with Crippen LogP contribution in [0, 0.1) is 13.8 Å². The highest BCUT2D eigenvalue weighted by molar-refractivity contribution is 8.00. The van der Waals surface area contributed by atoms with Crippen LogP contribution < -0.4 is 4.74 Å². The van der Waals surface area contributed by atoms with Crippen molar-refractivity contribution in [3.8, 4) is 17.1 Å². The van der Waals surface area contributed by atoms with Crippen molar-refractivity contribution in [3.63, 3.8) is 0 Å². The molecule has 1 N–H and O–H groups in total. The van der Waals surface area contributed by atoms with Gasteiger partial charge in [-0.25, -0.2) is 0 Å². The molecule has 0 saturated carbocycles. The van der Waals surface area contributed by atoms with Gasteiger partial charge in [0.25, 0.3) is 0 Å². The SMILES string of the molecule is Cc1ccc(-c2cc(COc3cccc(CSC(C)(C)C(=O)O)c3)c(C)o2)cc1. The van der Waals surface area contributed by atoms with Gasteiger partial charge in [-0.1, -0.05) is 42.0 Å². The molecule has 0 amide bonds. The van der Waals surface area contributed by atoms with Gasteiger partial charge in [0.05, 0.1) is 0 Å². The molecule has 0 unspecified atom stereocenters. The fourth-order valence-corrected chi connectivity index (χ4v) is 3.57. The fraction of sp³-hybridized carbons (Fsp3) is 0.292. The Kier molecular flexibility index (Phi) is 6.38. The van der Waals surface area contributed by atoms with Gasteiger partial charge in [0, 0.05) is 16.9 Å². The number of hydrogen-bond donors (Lipinski definition) is 1. The lowest BCUT2D eigenvalue weighted by Gasteiger charge is -2.18. The van der Waals surface area contributed by atoms with Gasteiger partial charge in [-0.3, -0.25) is 4.79 Å². The summed E-state index contributed by atoms with van der Waals surface area (Å²) in [7, 11) is 0. The molecule has 1 heterocycles. The summed E-state index contributed by atoms with van der Waals surface area (Å²) in [5.41, 5.74) is 4.30. The quantitative estimate of drug-likeness (QED) is 0.476. The van der Waals surface area contributed by atoms with Crippen LogP contribution in [0.1, 0.15) is 36.3 Å². The van der Waals surface area contributed by atoms with Gasteiger partial charge >= 0.3 is 5.97 Å². The Morgan fingerprint density at radius 1 is 1.10 bits per heavy atom. The zero-order chi connectivity index (χ0) is 21.0. The van der Waals surface area contributed by atoms with Crippen LogP contribution in [0.2, 0.25) is 0 Å². The number of aryl methyl sites for hydroxylation is 2. The van der Waals surface area contributed by atoms with Crippen LogP contribution >= 0.6 is 11.8 Å². The number of thioether (sulfide) groups is 1. The molecule has 3 aromatic rings. The maximum atomic E-state index is 11.3. The first-order valence-corrected chi connectivity index (χ1v) is 10.5. The number of carboxylic acid groups (broad SMARTS) is 1. The van der Waals surface area contributed by atoms with Crippen molar-refractivity contribution in [2.75, 3.05) is 0 Å². The number of benzene rings is 2. The average molecular weight is 411 g/mol. The van der Waals surface area contributed by atoms with E-state index in [0.717, 1.165) is 34.0 Å². The smallest absolute Gasteiger partial charge is 0.319 e. The minimum absolute atomic E-state index is 0.415. The summed E-state index contributed by atoms with van der Waals surface area (Å²) < 4.78 is 11.1. The monoisotopic (exact) mass is 410 g/mol. The van der Waals surface area contributed by atoms with E-state index in [2.05, 4.69) is 31.2 Å². The first-order chi connectivity index (χ1) is 13.7. The second kappa shape index (κ2) is 8.78. The normalized spacial score (nSPS) is 11.4. The minimum Gasteiger partial charge on any atom is -0.489 e. The first-order valence-electron chi connectivity index (χ1n) is 9.50. The lowest BCUT2D eigenvalue weighted by Crippen LogP contribution is -2.27. The topological polar surface area (TPSA) is 59.7 Å². The number of furan rings is 1. The summed E-state index contributed by atoms with van der Waals surface area (Å²) in [6.45, 7) is 7.85. The number of rotatable bonds is 8. The summed E-state index contributed by atoms with van der Waals surface area (Å²) in [4.78, 5) is 11.3. The van der Waals surface area contributed by atoms with Crippen molar-refractivity contribution in [1.29, 1.82) is 0 Å². The Morgan fingerprint density at radius 2 is 1.83 bits per heavy atom. The van der Waals surface area contributed by atoms with Gasteiger partial charge in [0.15, 0.2) is 0 Å². The Balaban J connectivity index is 1.64. The second-order valence-corrected chi connectivity index (χ2v) is 9.20. The van der Waals surface area contributed by atoms with Crippen molar-refractivity contribution in [3.05, 3.63) is 77.0 Å². The van der Waals surface area contributed by atoms with E-state index >= 15 is 0 Å². The van der Waals surface area contributed by atoms with Crippen LogP contribution in [-0.2, 0) is 17.2 Å². The van der Waals surface area contributed by atoms with E-state index in [1.807, 2.05) is 37.3 Å². The van der Waals surface area contributed by atoms with Crippen LogP contribution in [0.3, 0.4) is 0 Å². The zero-order valence-corrected chi connectivity index (χ0v) is 18.0. The average Bonchev–Trinajstić information content (AvgIpc) is 3.06. The highest BCUT2D eigenvalue weighted by atomic mass is 32.2. The van der Waals surface area contributed by atoms with Crippen LogP contribution in [0.5, 0.6) is 5.75 Å². The molecule has 0 aliphatic carbocycles. The van der Waals surface area contributed by atoms with Gasteiger partial charge in [-0.15, -0.1) is 11.8 Å². The number of hydrogen-bond acceptors (Lipinski definition) is 4. The molecule has 0 radical (unpaired) electrons. The molecule has 4 nitrogen and oxygen atoms in total. The van der Waals surface area contributed by atoms with Crippen molar-refractivity contribution >= 4 is 17.7 Å². The number of aliphatic carboxylic acids is 1. The Bertz CT molecular complexity index is 986. The number of carbonyl (C=O) groups is 1. The standard InChI is InChI=1S/C24H26O4S/c1-16-8-10-19(11-9-16)22-13-20(17(2)28-22)14-27-21-7-5-6-18(12-21)15-29-24(3,4)23(25)26/h5-13H,14-15H2,1-4H3,(H,25,26). The third-order valence-electron chi connectivity index (χ3n) is 4.76. The molecule has 0 saturated heterocycles. The van der Waals surface area contributed by atoms with Crippen molar-refractivity contribution in [2.24, 2.45) is 0 Å². The van der Waals surface area contributed by atoms with Crippen LogP contribution in [0.25, 0.3) is 11.3 Å². The van der Waals surface area contributed by atoms with E-state index in [4.69, 9.17) is 9.15 Å². The molecule has 0 bridgehead atoms. The third-order valence-corrected chi connectivity index (χ3v) is 6.14. The maximum absolute atomic E-state index is 11.3. The Morgan fingerprint density at radius 3 is 2.52 bits per heavy atom. The van der Waals surface area contributed by atoms with Crippen LogP contribution in [0.4, 0.5) is 0 Å². The van der Waals surface area contributed by atoms with Gasteiger partial charge < -0.3 is 14.3 Å². The zero-order valence-electron chi connectivity index (χ0n) is 17.2. The van der Waals surface area contributed by atoms with E-state index in [9.17, 15) is 9.90 Å². The Hall–Kier alpha value is -2.66. The number of carboxylic acids is 1. The maximum Gasteiger partial charge on any atom is 0.319 e. The van der Waals surface area contributed by atoms with Crippen LogP contribution in [-0.4, -0.2) is 15.8 Å². The summed E-state index contributed by atoms with van der Waals surface area (Å²) in [5.74, 6) is 2.24. The second-order valence-electron chi connectivity index (χ2n) is 7.60. The molecule has 1 aromatic heterocycles. The summed E-state index contributed by atoms with van der Waals surface area (Å²) in [5, 5.41) is 9.25. The fourth-order valence-electron chi connectivity index (χ4n) is 2.73. The molecule has 2 aromatic carbocycles. The first kappa shape index (κ1) is 21.1. The largest absolute Gasteiger partial charge is 0.489 e.